The predicted octanol–water partition coefficient (Wildman–Crippen LogP) is 4.58. The number of amides is 1. The Morgan fingerprint density at radius 3 is 2.71 bits per heavy atom. The first-order valence-electron chi connectivity index (χ1n) is 11.2. The minimum atomic E-state index is -0.468. The number of allylic oxidation sites excluding steroid dienone is 2. The van der Waals surface area contributed by atoms with Crippen LogP contribution >= 0.6 is 0 Å². The molecule has 0 saturated carbocycles. The van der Waals surface area contributed by atoms with Gasteiger partial charge in [-0.2, -0.15) is 4.98 Å². The summed E-state index contributed by atoms with van der Waals surface area (Å²) in [5.74, 6) is 1.24. The van der Waals surface area contributed by atoms with Crippen molar-refractivity contribution in [2.45, 2.75) is 32.6 Å². The number of carbonyl (C=O) groups is 1. The van der Waals surface area contributed by atoms with Crippen molar-refractivity contribution in [3.05, 3.63) is 86.7 Å². The molecular formula is C25H23N5O5. The molecule has 10 heteroatoms. The van der Waals surface area contributed by atoms with Gasteiger partial charge < -0.3 is 19.9 Å². The minimum Gasteiger partial charge on any atom is -0.490 e. The van der Waals surface area contributed by atoms with Crippen LogP contribution < -0.4 is 15.4 Å². The molecule has 5 rings (SSSR count). The Morgan fingerprint density at radius 2 is 1.97 bits per heavy atom. The summed E-state index contributed by atoms with van der Waals surface area (Å²) < 4.78 is 10.4. The number of carbonyl (C=O) groups excluding carboxylic acids is 1. The second-order valence-corrected chi connectivity index (χ2v) is 8.40. The molecule has 10 nitrogen and oxygen atoms in total. The lowest BCUT2D eigenvalue weighted by Crippen LogP contribution is -2.16. The molecule has 0 fully saturated rings. The van der Waals surface area contributed by atoms with Crippen LogP contribution in [0.2, 0.25) is 0 Å². The van der Waals surface area contributed by atoms with Crippen LogP contribution in [0.4, 0.5) is 17.1 Å². The summed E-state index contributed by atoms with van der Waals surface area (Å²) in [7, 11) is 1.41. The van der Waals surface area contributed by atoms with E-state index in [1.165, 1.54) is 13.2 Å². The molecule has 0 saturated heterocycles. The van der Waals surface area contributed by atoms with E-state index >= 15 is 0 Å². The lowest BCUT2D eigenvalue weighted by atomic mass is 9.90. The highest BCUT2D eigenvalue weighted by molar-refractivity contribution is 6.09. The molecular weight excluding hydrogens is 450 g/mol. The van der Waals surface area contributed by atoms with E-state index in [4.69, 9.17) is 9.26 Å². The van der Waals surface area contributed by atoms with Gasteiger partial charge in [0.15, 0.2) is 11.6 Å². The summed E-state index contributed by atoms with van der Waals surface area (Å²) in [4.78, 5) is 28.0. The van der Waals surface area contributed by atoms with Crippen molar-refractivity contribution in [2.24, 2.45) is 0 Å². The van der Waals surface area contributed by atoms with Gasteiger partial charge in [-0.15, -0.1) is 0 Å². The third-order valence-corrected chi connectivity index (χ3v) is 6.11. The Bertz CT molecular complexity index is 1400. The summed E-state index contributed by atoms with van der Waals surface area (Å²) >= 11 is 0. The van der Waals surface area contributed by atoms with Gasteiger partial charge in [0.2, 0.25) is 5.89 Å². The third-order valence-electron chi connectivity index (χ3n) is 6.11. The van der Waals surface area contributed by atoms with Gasteiger partial charge in [0.1, 0.15) is 0 Å². The first kappa shape index (κ1) is 22.3. The number of rotatable bonds is 6. The third kappa shape index (κ3) is 4.50. The molecule has 178 valence electrons. The zero-order chi connectivity index (χ0) is 24.5. The highest BCUT2D eigenvalue weighted by Gasteiger charge is 2.26. The highest BCUT2D eigenvalue weighted by atomic mass is 16.6. The van der Waals surface area contributed by atoms with Crippen LogP contribution in [0.1, 0.15) is 35.7 Å². The Morgan fingerprint density at radius 1 is 1.11 bits per heavy atom. The maximum absolute atomic E-state index is 13.0. The van der Waals surface area contributed by atoms with E-state index < -0.39 is 4.92 Å². The number of benzene rings is 2. The number of fused-ring (bicyclic) bond motifs is 1. The molecule has 0 spiro atoms. The second-order valence-electron chi connectivity index (χ2n) is 8.40. The molecule has 0 bridgehead atoms. The number of nitro groups is 1. The molecule has 2 aliphatic rings. The van der Waals surface area contributed by atoms with Gasteiger partial charge in [-0.25, -0.2) is 0 Å². The van der Waals surface area contributed by atoms with E-state index in [0.29, 0.717) is 54.4 Å². The molecule has 2 aromatic carbocycles. The first-order chi connectivity index (χ1) is 16.9. The quantitative estimate of drug-likeness (QED) is 0.393. The Balaban J connectivity index is 1.39. The topological polar surface area (TPSA) is 132 Å². The van der Waals surface area contributed by atoms with Crippen molar-refractivity contribution in [1.82, 2.24) is 10.1 Å². The van der Waals surface area contributed by atoms with E-state index in [9.17, 15) is 14.9 Å². The Kier molecular flexibility index (Phi) is 5.77. The standard InChI is InChI=1S/C25H23N5O5/c1-14-26-24(35-29-14)10-4-15-3-8-19-21(11-15)28-25(31)18-7-5-16(12-20(18)27-19)17-6-9-22(30(32)33)23(13-17)34-2/h3,6,8-9,11-13,27H,4-5,7,10H2,1-2H3,(H,28,31). The number of nitrogens with zero attached hydrogens (tertiary/aromatic N) is 3. The first-order valence-corrected chi connectivity index (χ1v) is 11.2. The van der Waals surface area contributed by atoms with Crippen LogP contribution in [0.5, 0.6) is 5.75 Å². The highest BCUT2D eigenvalue weighted by Crippen LogP contribution is 2.38. The number of ether oxygens (including phenoxy) is 1. The number of nitro benzene ring substituents is 1. The van der Waals surface area contributed by atoms with Gasteiger partial charge in [0, 0.05) is 23.8 Å². The predicted molar refractivity (Wildman–Crippen MR) is 129 cm³/mol. The van der Waals surface area contributed by atoms with E-state index in [-0.39, 0.29) is 17.3 Å². The lowest BCUT2D eigenvalue weighted by molar-refractivity contribution is -0.385. The molecule has 35 heavy (non-hydrogen) atoms. The van der Waals surface area contributed by atoms with Crippen LogP contribution in [0, 0.1) is 17.0 Å². The van der Waals surface area contributed by atoms with E-state index in [0.717, 1.165) is 22.4 Å². The van der Waals surface area contributed by atoms with Crippen LogP contribution in [0.25, 0.3) is 5.57 Å². The molecule has 2 N–H and O–H groups in total. The Labute approximate surface area is 200 Å². The fourth-order valence-corrected chi connectivity index (χ4v) is 4.33. The second kappa shape index (κ2) is 9.05. The van der Waals surface area contributed by atoms with E-state index in [1.807, 2.05) is 24.3 Å². The van der Waals surface area contributed by atoms with Gasteiger partial charge in [-0.05, 0) is 73.2 Å². The SMILES string of the molecule is COc1cc(C2=CC3=C(CC2)C(=O)Nc2cc(CCc4nc(C)no4)ccc2N3)ccc1[N+](=O)[O-]. The fourth-order valence-electron chi connectivity index (χ4n) is 4.33. The Hall–Kier alpha value is -4.47. The van der Waals surface area contributed by atoms with Crippen molar-refractivity contribution in [2.75, 3.05) is 17.7 Å². The molecule has 0 atom stereocenters. The van der Waals surface area contributed by atoms with Crippen molar-refractivity contribution in [3.63, 3.8) is 0 Å². The number of methoxy groups -OCH3 is 1. The van der Waals surface area contributed by atoms with E-state index in [1.54, 1.807) is 19.1 Å². The number of nitrogens with one attached hydrogen (secondary N) is 2. The average Bonchev–Trinajstić information content (AvgIpc) is 3.22. The molecule has 1 amide bonds. The van der Waals surface area contributed by atoms with Crippen LogP contribution in [-0.4, -0.2) is 28.1 Å². The van der Waals surface area contributed by atoms with Gasteiger partial charge >= 0.3 is 5.69 Å². The normalized spacial score (nSPS) is 14.8. The summed E-state index contributed by atoms with van der Waals surface area (Å²) in [5.41, 5.74) is 5.62. The number of aryl methyl sites for hydroxylation is 3. The van der Waals surface area contributed by atoms with E-state index in [2.05, 4.69) is 20.8 Å². The lowest BCUT2D eigenvalue weighted by Gasteiger charge is -2.19. The maximum Gasteiger partial charge on any atom is 0.310 e. The molecule has 3 aromatic rings. The molecule has 0 unspecified atom stereocenters. The molecule has 2 heterocycles. The van der Waals surface area contributed by atoms with Crippen molar-refractivity contribution in [1.29, 1.82) is 0 Å². The molecule has 1 aliphatic carbocycles. The number of anilines is 2. The summed E-state index contributed by atoms with van der Waals surface area (Å²) in [6.07, 6.45) is 4.40. The van der Waals surface area contributed by atoms with Gasteiger partial charge in [0.05, 0.1) is 23.4 Å². The van der Waals surface area contributed by atoms with Crippen LogP contribution in [-0.2, 0) is 17.6 Å². The minimum absolute atomic E-state index is 0.0847. The maximum atomic E-state index is 13.0. The summed E-state index contributed by atoms with van der Waals surface area (Å²) in [6.45, 7) is 1.78. The smallest absolute Gasteiger partial charge is 0.310 e. The van der Waals surface area contributed by atoms with Crippen molar-refractivity contribution in [3.8, 4) is 5.75 Å². The van der Waals surface area contributed by atoms with Crippen LogP contribution in [0.3, 0.4) is 0 Å². The summed E-state index contributed by atoms with van der Waals surface area (Å²) in [5, 5.41) is 21.5. The fraction of sp³-hybridized carbons (Fsp3) is 0.240. The summed E-state index contributed by atoms with van der Waals surface area (Å²) in [6, 6.07) is 10.7. The largest absolute Gasteiger partial charge is 0.490 e. The average molecular weight is 473 g/mol. The van der Waals surface area contributed by atoms with Crippen molar-refractivity contribution < 1.29 is 19.0 Å². The van der Waals surface area contributed by atoms with Crippen molar-refractivity contribution >= 4 is 28.5 Å². The molecule has 1 aliphatic heterocycles. The number of aromatic nitrogens is 2. The zero-order valence-electron chi connectivity index (χ0n) is 19.3. The van der Waals surface area contributed by atoms with Gasteiger partial charge in [0.25, 0.3) is 5.91 Å². The van der Waals surface area contributed by atoms with Gasteiger partial charge in [-0.3, -0.25) is 14.9 Å². The van der Waals surface area contributed by atoms with Gasteiger partial charge in [-0.1, -0.05) is 11.2 Å². The number of hydrogen-bond acceptors (Lipinski definition) is 8. The van der Waals surface area contributed by atoms with Crippen LogP contribution in [0.15, 0.2) is 58.3 Å². The molecule has 0 radical (unpaired) electrons. The zero-order valence-corrected chi connectivity index (χ0v) is 19.3. The molecule has 1 aromatic heterocycles. The number of hydrogen-bond donors (Lipinski definition) is 2. The monoisotopic (exact) mass is 473 g/mol.